The van der Waals surface area contributed by atoms with Crippen molar-refractivity contribution in [3.05, 3.63) is 0 Å². The van der Waals surface area contributed by atoms with Gasteiger partial charge >= 0.3 is 12.0 Å². The number of rotatable bonds is 6. The van der Waals surface area contributed by atoms with Crippen molar-refractivity contribution in [3.63, 3.8) is 0 Å². The number of nitrogens with one attached hydrogen (secondary N) is 1. The average molecular weight is 272 g/mol. The van der Waals surface area contributed by atoms with Gasteiger partial charge in [-0.05, 0) is 32.1 Å². The van der Waals surface area contributed by atoms with Crippen LogP contribution in [0.5, 0.6) is 0 Å². The van der Waals surface area contributed by atoms with Gasteiger partial charge < -0.3 is 20.1 Å². The first-order valence-corrected chi connectivity index (χ1v) is 6.79. The van der Waals surface area contributed by atoms with Crippen LogP contribution in [-0.4, -0.2) is 54.9 Å². The number of urea groups is 1. The minimum absolute atomic E-state index is 0.0168. The van der Waals surface area contributed by atoms with E-state index in [-0.39, 0.29) is 18.5 Å². The van der Waals surface area contributed by atoms with E-state index in [1.54, 1.807) is 12.0 Å². The number of methoxy groups -OCH3 is 1. The van der Waals surface area contributed by atoms with E-state index in [0.29, 0.717) is 25.5 Å². The summed E-state index contributed by atoms with van der Waals surface area (Å²) in [6, 6.07) is -0.0959. The van der Waals surface area contributed by atoms with Crippen LogP contribution in [0.3, 0.4) is 0 Å². The van der Waals surface area contributed by atoms with E-state index in [4.69, 9.17) is 9.84 Å². The van der Waals surface area contributed by atoms with Crippen molar-refractivity contribution in [2.45, 2.75) is 38.6 Å². The summed E-state index contributed by atoms with van der Waals surface area (Å²) in [6.07, 6.45) is 2.77. The van der Waals surface area contributed by atoms with Gasteiger partial charge in [0.2, 0.25) is 0 Å². The molecule has 0 aliphatic carbocycles. The van der Waals surface area contributed by atoms with E-state index in [2.05, 4.69) is 5.32 Å². The molecule has 0 bridgehead atoms. The number of nitrogens with zero attached hydrogens (tertiary/aromatic N) is 1. The molecule has 2 atom stereocenters. The Labute approximate surface area is 114 Å². The summed E-state index contributed by atoms with van der Waals surface area (Å²) < 4.78 is 4.98. The molecule has 0 aromatic heterocycles. The molecule has 2 unspecified atom stereocenters. The Balaban J connectivity index is 2.36. The summed E-state index contributed by atoms with van der Waals surface area (Å²) in [5, 5.41) is 11.6. The van der Waals surface area contributed by atoms with E-state index in [1.165, 1.54) is 0 Å². The van der Waals surface area contributed by atoms with Crippen LogP contribution in [0.1, 0.15) is 32.6 Å². The van der Waals surface area contributed by atoms with Crippen molar-refractivity contribution in [2.75, 3.05) is 26.8 Å². The van der Waals surface area contributed by atoms with Gasteiger partial charge in [0.25, 0.3) is 0 Å². The van der Waals surface area contributed by atoms with Crippen LogP contribution in [0.2, 0.25) is 0 Å². The third kappa shape index (κ3) is 5.92. The lowest BCUT2D eigenvalue weighted by molar-refractivity contribution is -0.137. The highest BCUT2D eigenvalue weighted by Gasteiger charge is 2.24. The molecule has 19 heavy (non-hydrogen) atoms. The number of carboxylic acids is 1. The van der Waals surface area contributed by atoms with Crippen molar-refractivity contribution in [1.82, 2.24) is 10.2 Å². The van der Waals surface area contributed by atoms with E-state index in [1.807, 2.05) is 6.92 Å². The number of carbonyl (C=O) groups excluding carboxylic acids is 1. The smallest absolute Gasteiger partial charge is 0.317 e. The number of carbonyl (C=O) groups is 2. The first-order chi connectivity index (χ1) is 9.02. The van der Waals surface area contributed by atoms with Gasteiger partial charge in [-0.1, -0.05) is 0 Å². The van der Waals surface area contributed by atoms with Crippen molar-refractivity contribution < 1.29 is 19.4 Å². The number of hydrogen-bond acceptors (Lipinski definition) is 3. The SMILES string of the molecule is COCC(C)NC(=O)N1CCCC(CCC(=O)O)C1. The molecule has 0 radical (unpaired) electrons. The molecule has 6 nitrogen and oxygen atoms in total. The van der Waals surface area contributed by atoms with Crippen LogP contribution >= 0.6 is 0 Å². The van der Waals surface area contributed by atoms with Crippen molar-refractivity contribution in [3.8, 4) is 0 Å². The largest absolute Gasteiger partial charge is 0.481 e. The van der Waals surface area contributed by atoms with E-state index >= 15 is 0 Å². The topological polar surface area (TPSA) is 78.9 Å². The van der Waals surface area contributed by atoms with Crippen LogP contribution < -0.4 is 5.32 Å². The molecular weight excluding hydrogens is 248 g/mol. The molecule has 0 spiro atoms. The Hall–Kier alpha value is -1.30. The summed E-state index contributed by atoms with van der Waals surface area (Å²) in [5.74, 6) is -0.469. The van der Waals surface area contributed by atoms with Crippen LogP contribution in [0.4, 0.5) is 4.79 Å². The monoisotopic (exact) mass is 272 g/mol. The highest BCUT2D eigenvalue weighted by Crippen LogP contribution is 2.21. The molecule has 1 heterocycles. The molecule has 1 aliphatic heterocycles. The second kappa shape index (κ2) is 7.99. The molecule has 0 aromatic carbocycles. The third-order valence-electron chi connectivity index (χ3n) is 3.36. The summed E-state index contributed by atoms with van der Waals surface area (Å²) in [4.78, 5) is 24.4. The summed E-state index contributed by atoms with van der Waals surface area (Å²) in [6.45, 7) is 3.78. The van der Waals surface area contributed by atoms with Crippen LogP contribution in [0, 0.1) is 5.92 Å². The molecule has 110 valence electrons. The zero-order valence-corrected chi connectivity index (χ0v) is 11.7. The Kier molecular flexibility index (Phi) is 6.62. The van der Waals surface area contributed by atoms with Crippen LogP contribution in [0.15, 0.2) is 0 Å². The van der Waals surface area contributed by atoms with E-state index in [9.17, 15) is 9.59 Å². The fourth-order valence-electron chi connectivity index (χ4n) is 2.41. The van der Waals surface area contributed by atoms with Crippen molar-refractivity contribution in [2.24, 2.45) is 5.92 Å². The lowest BCUT2D eigenvalue weighted by Gasteiger charge is -2.33. The van der Waals surface area contributed by atoms with Gasteiger partial charge in [-0.15, -0.1) is 0 Å². The van der Waals surface area contributed by atoms with Crippen LogP contribution in [-0.2, 0) is 9.53 Å². The molecule has 1 fully saturated rings. The van der Waals surface area contributed by atoms with Gasteiger partial charge in [-0.2, -0.15) is 0 Å². The fraction of sp³-hybridized carbons (Fsp3) is 0.846. The predicted molar refractivity (Wildman–Crippen MR) is 71.0 cm³/mol. The lowest BCUT2D eigenvalue weighted by Crippen LogP contribution is -2.49. The Morgan fingerprint density at radius 1 is 1.53 bits per heavy atom. The highest BCUT2D eigenvalue weighted by molar-refractivity contribution is 5.74. The van der Waals surface area contributed by atoms with Gasteiger partial charge in [-0.25, -0.2) is 4.79 Å². The number of aliphatic carboxylic acids is 1. The minimum atomic E-state index is -0.768. The standard InChI is InChI=1S/C13H24N2O4/c1-10(9-19-2)14-13(18)15-7-3-4-11(8-15)5-6-12(16)17/h10-11H,3-9H2,1-2H3,(H,14,18)(H,16,17). The predicted octanol–water partition coefficient (Wildman–Crippen LogP) is 1.31. The maximum absolute atomic E-state index is 12.0. The van der Waals surface area contributed by atoms with Crippen molar-refractivity contribution in [1.29, 1.82) is 0 Å². The van der Waals surface area contributed by atoms with Gasteiger partial charge in [0.05, 0.1) is 12.6 Å². The quantitative estimate of drug-likeness (QED) is 0.764. The molecule has 2 N–H and O–H groups in total. The summed E-state index contributed by atoms with van der Waals surface area (Å²) in [7, 11) is 1.60. The molecule has 0 saturated carbocycles. The number of ether oxygens (including phenoxy) is 1. The lowest BCUT2D eigenvalue weighted by atomic mass is 9.93. The highest BCUT2D eigenvalue weighted by atomic mass is 16.5. The van der Waals surface area contributed by atoms with Gasteiger partial charge in [0.1, 0.15) is 0 Å². The number of hydrogen-bond donors (Lipinski definition) is 2. The molecule has 1 saturated heterocycles. The first kappa shape index (κ1) is 15.8. The Morgan fingerprint density at radius 2 is 2.26 bits per heavy atom. The Morgan fingerprint density at radius 3 is 2.89 bits per heavy atom. The second-order valence-electron chi connectivity index (χ2n) is 5.19. The normalized spacial score (nSPS) is 20.9. The van der Waals surface area contributed by atoms with Crippen LogP contribution in [0.25, 0.3) is 0 Å². The number of likely N-dealkylation sites (tertiary alicyclic amines) is 1. The third-order valence-corrected chi connectivity index (χ3v) is 3.36. The van der Waals surface area contributed by atoms with Gasteiger partial charge in [-0.3, -0.25) is 4.79 Å². The van der Waals surface area contributed by atoms with E-state index in [0.717, 1.165) is 19.4 Å². The molecule has 0 aromatic rings. The molecule has 6 heteroatoms. The fourth-order valence-corrected chi connectivity index (χ4v) is 2.41. The van der Waals surface area contributed by atoms with E-state index < -0.39 is 5.97 Å². The molecule has 1 aliphatic rings. The summed E-state index contributed by atoms with van der Waals surface area (Å²) in [5.41, 5.74) is 0. The second-order valence-corrected chi connectivity index (χ2v) is 5.19. The number of piperidine rings is 1. The zero-order chi connectivity index (χ0) is 14.3. The summed E-state index contributed by atoms with van der Waals surface area (Å²) >= 11 is 0. The molecule has 1 rings (SSSR count). The maximum Gasteiger partial charge on any atom is 0.317 e. The molecular formula is C13H24N2O4. The minimum Gasteiger partial charge on any atom is -0.481 e. The molecule has 2 amide bonds. The number of carboxylic acid groups (broad SMARTS) is 1. The van der Waals surface area contributed by atoms with Crippen molar-refractivity contribution >= 4 is 12.0 Å². The van der Waals surface area contributed by atoms with Gasteiger partial charge in [0, 0.05) is 26.6 Å². The average Bonchev–Trinajstić information content (AvgIpc) is 2.37. The Bertz CT molecular complexity index is 309. The number of amides is 2. The first-order valence-electron chi connectivity index (χ1n) is 6.79. The zero-order valence-electron chi connectivity index (χ0n) is 11.7. The van der Waals surface area contributed by atoms with Gasteiger partial charge in [0.15, 0.2) is 0 Å². The maximum atomic E-state index is 12.0.